The van der Waals surface area contributed by atoms with Crippen LogP contribution in [-0.2, 0) is 16.0 Å². The van der Waals surface area contributed by atoms with Gasteiger partial charge >= 0.3 is 0 Å². The molecule has 2 amide bonds. The van der Waals surface area contributed by atoms with Gasteiger partial charge in [0.1, 0.15) is 0 Å². The molecule has 0 saturated carbocycles. The summed E-state index contributed by atoms with van der Waals surface area (Å²) in [6.45, 7) is 3.30. The van der Waals surface area contributed by atoms with Crippen LogP contribution in [0.25, 0.3) is 0 Å². The topological polar surface area (TPSA) is 60.9 Å². The molecule has 126 valence electrons. The summed E-state index contributed by atoms with van der Waals surface area (Å²) in [5.74, 6) is -0.0564. The number of hydrogen-bond donors (Lipinski definition) is 1. The van der Waals surface area contributed by atoms with Gasteiger partial charge in [-0.3, -0.25) is 9.59 Å². The van der Waals surface area contributed by atoms with Crippen molar-refractivity contribution in [3.8, 4) is 0 Å². The number of aliphatic hydroxyl groups excluding tert-OH is 1. The van der Waals surface area contributed by atoms with Crippen molar-refractivity contribution in [2.75, 3.05) is 26.7 Å². The number of carbonyl (C=O) groups excluding carboxylic acids is 2. The van der Waals surface area contributed by atoms with Crippen LogP contribution in [0, 0.1) is 6.92 Å². The Bertz CT molecular complexity index is 534. The van der Waals surface area contributed by atoms with E-state index in [1.165, 1.54) is 10.5 Å². The summed E-state index contributed by atoms with van der Waals surface area (Å²) >= 11 is 0. The van der Waals surface area contributed by atoms with Crippen LogP contribution in [0.2, 0.25) is 0 Å². The summed E-state index contributed by atoms with van der Waals surface area (Å²) < 4.78 is 0. The SMILES string of the molecule is Cc1ccc(CCC(=O)N(C)CC(=O)N2CCC(O)CC2)cc1. The minimum absolute atomic E-state index is 0.0176. The molecule has 1 aromatic carbocycles. The zero-order valence-electron chi connectivity index (χ0n) is 14.0. The molecule has 5 heteroatoms. The van der Waals surface area contributed by atoms with Crippen LogP contribution in [0.15, 0.2) is 24.3 Å². The summed E-state index contributed by atoms with van der Waals surface area (Å²) in [5, 5.41) is 9.47. The third kappa shape index (κ3) is 5.36. The van der Waals surface area contributed by atoms with Crippen molar-refractivity contribution in [3.63, 3.8) is 0 Å². The van der Waals surface area contributed by atoms with Gasteiger partial charge in [0.25, 0.3) is 0 Å². The number of aryl methyl sites for hydroxylation is 2. The fraction of sp³-hybridized carbons (Fsp3) is 0.556. The van der Waals surface area contributed by atoms with Gasteiger partial charge in [0.2, 0.25) is 11.8 Å². The molecule has 1 aliphatic heterocycles. The minimum Gasteiger partial charge on any atom is -0.393 e. The highest BCUT2D eigenvalue weighted by Gasteiger charge is 2.23. The second-order valence-corrected chi connectivity index (χ2v) is 6.35. The molecule has 0 spiro atoms. The lowest BCUT2D eigenvalue weighted by atomic mass is 10.1. The zero-order chi connectivity index (χ0) is 16.8. The number of amides is 2. The fourth-order valence-electron chi connectivity index (χ4n) is 2.70. The van der Waals surface area contributed by atoms with Crippen LogP contribution < -0.4 is 0 Å². The second kappa shape index (κ2) is 8.11. The number of piperidine rings is 1. The Kier molecular flexibility index (Phi) is 6.16. The van der Waals surface area contributed by atoms with E-state index in [-0.39, 0.29) is 24.5 Å². The van der Waals surface area contributed by atoms with Crippen LogP contribution >= 0.6 is 0 Å². The van der Waals surface area contributed by atoms with Crippen LogP contribution in [0.3, 0.4) is 0 Å². The summed E-state index contributed by atoms with van der Waals surface area (Å²) in [7, 11) is 1.67. The zero-order valence-corrected chi connectivity index (χ0v) is 14.0. The number of rotatable bonds is 5. The molecule has 1 fully saturated rings. The largest absolute Gasteiger partial charge is 0.393 e. The Hall–Kier alpha value is -1.88. The Morgan fingerprint density at radius 1 is 1.22 bits per heavy atom. The number of benzene rings is 1. The van der Waals surface area contributed by atoms with E-state index in [0.717, 1.165) is 5.56 Å². The molecule has 1 aromatic rings. The van der Waals surface area contributed by atoms with Crippen molar-refractivity contribution in [2.45, 2.75) is 38.7 Å². The van der Waals surface area contributed by atoms with E-state index in [0.29, 0.717) is 38.8 Å². The van der Waals surface area contributed by atoms with Crippen molar-refractivity contribution in [1.29, 1.82) is 0 Å². The molecule has 0 aromatic heterocycles. The smallest absolute Gasteiger partial charge is 0.242 e. The lowest BCUT2D eigenvalue weighted by Crippen LogP contribution is -2.45. The first kappa shape index (κ1) is 17.5. The molecule has 1 N–H and O–H groups in total. The molecule has 0 atom stereocenters. The van der Waals surface area contributed by atoms with E-state index in [1.807, 2.05) is 31.2 Å². The van der Waals surface area contributed by atoms with Gasteiger partial charge < -0.3 is 14.9 Å². The van der Waals surface area contributed by atoms with E-state index in [2.05, 4.69) is 0 Å². The molecule has 0 aliphatic carbocycles. The quantitative estimate of drug-likeness (QED) is 0.892. The molecular formula is C18H26N2O3. The van der Waals surface area contributed by atoms with Crippen molar-refractivity contribution >= 4 is 11.8 Å². The monoisotopic (exact) mass is 318 g/mol. The van der Waals surface area contributed by atoms with Gasteiger partial charge in [-0.2, -0.15) is 0 Å². The number of carbonyl (C=O) groups is 2. The van der Waals surface area contributed by atoms with Crippen LogP contribution in [0.1, 0.15) is 30.4 Å². The summed E-state index contributed by atoms with van der Waals surface area (Å²) in [4.78, 5) is 27.6. The Morgan fingerprint density at radius 2 is 1.83 bits per heavy atom. The van der Waals surface area contributed by atoms with Crippen molar-refractivity contribution < 1.29 is 14.7 Å². The van der Waals surface area contributed by atoms with Crippen molar-refractivity contribution in [1.82, 2.24) is 9.80 Å². The van der Waals surface area contributed by atoms with E-state index < -0.39 is 0 Å². The minimum atomic E-state index is -0.298. The van der Waals surface area contributed by atoms with Gasteiger partial charge in [0, 0.05) is 26.6 Å². The van der Waals surface area contributed by atoms with Crippen LogP contribution in [0.4, 0.5) is 0 Å². The van der Waals surface area contributed by atoms with E-state index in [1.54, 1.807) is 11.9 Å². The maximum Gasteiger partial charge on any atom is 0.242 e. The lowest BCUT2D eigenvalue weighted by molar-refractivity contribution is -0.140. The first-order chi connectivity index (χ1) is 11.0. The molecule has 1 aliphatic rings. The first-order valence-corrected chi connectivity index (χ1v) is 8.21. The lowest BCUT2D eigenvalue weighted by Gasteiger charge is -2.31. The molecular weight excluding hydrogens is 292 g/mol. The van der Waals surface area contributed by atoms with Gasteiger partial charge in [-0.05, 0) is 31.7 Å². The second-order valence-electron chi connectivity index (χ2n) is 6.35. The van der Waals surface area contributed by atoms with Crippen molar-refractivity contribution in [3.05, 3.63) is 35.4 Å². The molecule has 5 nitrogen and oxygen atoms in total. The van der Waals surface area contributed by atoms with E-state index in [4.69, 9.17) is 0 Å². The normalized spacial score (nSPS) is 15.5. The molecule has 2 rings (SSSR count). The molecule has 23 heavy (non-hydrogen) atoms. The molecule has 0 unspecified atom stereocenters. The molecule has 1 saturated heterocycles. The summed E-state index contributed by atoms with van der Waals surface area (Å²) in [6.07, 6.45) is 2.04. The van der Waals surface area contributed by atoms with Gasteiger partial charge in [0.15, 0.2) is 0 Å². The van der Waals surface area contributed by atoms with Gasteiger partial charge in [-0.1, -0.05) is 29.8 Å². The third-order valence-electron chi connectivity index (χ3n) is 4.36. The number of aliphatic hydroxyl groups is 1. The molecule has 1 heterocycles. The first-order valence-electron chi connectivity index (χ1n) is 8.21. The highest BCUT2D eigenvalue weighted by atomic mass is 16.3. The van der Waals surface area contributed by atoms with Crippen molar-refractivity contribution in [2.24, 2.45) is 0 Å². The average Bonchev–Trinajstić information content (AvgIpc) is 2.54. The van der Waals surface area contributed by atoms with Gasteiger partial charge in [-0.15, -0.1) is 0 Å². The van der Waals surface area contributed by atoms with Gasteiger partial charge in [-0.25, -0.2) is 0 Å². The Morgan fingerprint density at radius 3 is 2.43 bits per heavy atom. The predicted octanol–water partition coefficient (Wildman–Crippen LogP) is 1.37. The molecule has 0 bridgehead atoms. The van der Waals surface area contributed by atoms with Crippen LogP contribution in [-0.4, -0.2) is 59.5 Å². The Balaban J connectivity index is 1.75. The highest BCUT2D eigenvalue weighted by Crippen LogP contribution is 2.11. The predicted molar refractivity (Wildman–Crippen MR) is 89.0 cm³/mol. The summed E-state index contributed by atoms with van der Waals surface area (Å²) in [5.41, 5.74) is 2.34. The van der Waals surface area contributed by atoms with Gasteiger partial charge in [0.05, 0.1) is 12.6 Å². The van der Waals surface area contributed by atoms with E-state index >= 15 is 0 Å². The maximum atomic E-state index is 12.2. The van der Waals surface area contributed by atoms with Crippen LogP contribution in [0.5, 0.6) is 0 Å². The highest BCUT2D eigenvalue weighted by molar-refractivity contribution is 5.84. The maximum absolute atomic E-state index is 12.2. The number of likely N-dealkylation sites (tertiary alicyclic amines) is 1. The average molecular weight is 318 g/mol. The summed E-state index contributed by atoms with van der Waals surface area (Å²) in [6, 6.07) is 8.15. The number of nitrogens with zero attached hydrogens (tertiary/aromatic N) is 2. The Labute approximate surface area is 137 Å². The number of hydrogen-bond acceptors (Lipinski definition) is 3. The number of likely N-dealkylation sites (N-methyl/N-ethyl adjacent to an activating group) is 1. The molecule has 0 radical (unpaired) electrons. The fourth-order valence-corrected chi connectivity index (χ4v) is 2.70. The van der Waals surface area contributed by atoms with E-state index in [9.17, 15) is 14.7 Å². The third-order valence-corrected chi connectivity index (χ3v) is 4.36. The standard InChI is InChI=1S/C18H26N2O3/c1-14-3-5-15(6-4-14)7-8-17(22)19(2)13-18(23)20-11-9-16(21)10-12-20/h3-6,16,21H,7-13H2,1-2H3.